The van der Waals surface area contributed by atoms with Crippen molar-refractivity contribution in [2.45, 2.75) is 39.3 Å². The smallest absolute Gasteiger partial charge is 0.146 e. The maximum atomic E-state index is 13.4. The summed E-state index contributed by atoms with van der Waals surface area (Å²) in [5.74, 6) is 0.343. The number of nitrogens with two attached hydrogens (primary N) is 1. The maximum absolute atomic E-state index is 13.4. The number of nitrogen functional groups attached to an aromatic ring is 1. The third kappa shape index (κ3) is 2.60. The first-order chi connectivity index (χ1) is 8.09. The van der Waals surface area contributed by atoms with Gasteiger partial charge in [0, 0.05) is 12.6 Å². The molecule has 1 aromatic rings. The van der Waals surface area contributed by atoms with Gasteiger partial charge in [-0.1, -0.05) is 26.0 Å². The van der Waals surface area contributed by atoms with E-state index in [1.165, 1.54) is 18.9 Å². The van der Waals surface area contributed by atoms with E-state index in [2.05, 4.69) is 18.7 Å². The predicted molar refractivity (Wildman–Crippen MR) is 69.1 cm³/mol. The van der Waals surface area contributed by atoms with E-state index in [-0.39, 0.29) is 5.82 Å². The summed E-state index contributed by atoms with van der Waals surface area (Å²) in [7, 11) is 0. The molecule has 0 amide bonds. The monoisotopic (exact) mass is 236 g/mol. The maximum Gasteiger partial charge on any atom is 0.146 e. The molecular formula is C14H21FN2. The fraction of sp³-hybridized carbons (Fsp3) is 0.571. The number of rotatable bonds is 3. The molecule has 2 nitrogen and oxygen atoms in total. The molecule has 0 radical (unpaired) electrons. The first-order valence-corrected chi connectivity index (χ1v) is 6.36. The van der Waals surface area contributed by atoms with E-state index < -0.39 is 0 Å². The second kappa shape index (κ2) is 5.05. The first-order valence-electron chi connectivity index (χ1n) is 6.36. The first kappa shape index (κ1) is 12.4. The molecule has 3 heteroatoms. The lowest BCUT2D eigenvalue weighted by Gasteiger charge is -2.28. The van der Waals surface area contributed by atoms with Crippen LogP contribution >= 0.6 is 0 Å². The molecule has 2 N–H and O–H groups in total. The molecule has 17 heavy (non-hydrogen) atoms. The zero-order chi connectivity index (χ0) is 12.4. The Morgan fingerprint density at radius 3 is 2.94 bits per heavy atom. The van der Waals surface area contributed by atoms with Gasteiger partial charge in [0.2, 0.25) is 0 Å². The molecule has 1 aliphatic rings. The number of likely N-dealkylation sites (tertiary alicyclic amines) is 1. The van der Waals surface area contributed by atoms with Crippen LogP contribution in [0.5, 0.6) is 0 Å². The van der Waals surface area contributed by atoms with Crippen LogP contribution in [0, 0.1) is 11.7 Å². The topological polar surface area (TPSA) is 29.3 Å². The van der Waals surface area contributed by atoms with Gasteiger partial charge >= 0.3 is 0 Å². The van der Waals surface area contributed by atoms with E-state index in [1.54, 1.807) is 6.07 Å². The number of benzene rings is 1. The average molecular weight is 236 g/mol. The molecule has 1 atom stereocenters. The van der Waals surface area contributed by atoms with E-state index in [0.29, 0.717) is 17.6 Å². The van der Waals surface area contributed by atoms with Gasteiger partial charge in [0.05, 0.1) is 5.69 Å². The summed E-state index contributed by atoms with van der Waals surface area (Å²) in [5.41, 5.74) is 7.00. The highest BCUT2D eigenvalue weighted by atomic mass is 19.1. The Labute approximate surface area is 103 Å². The van der Waals surface area contributed by atoms with Crippen molar-refractivity contribution in [3.05, 3.63) is 29.6 Å². The SMILES string of the molecule is CC(C)C1CCCN1Cc1cccc(F)c1N. The Morgan fingerprint density at radius 2 is 2.24 bits per heavy atom. The molecule has 94 valence electrons. The molecule has 2 rings (SSSR count). The quantitative estimate of drug-likeness (QED) is 0.817. The number of halogens is 1. The van der Waals surface area contributed by atoms with E-state index in [0.717, 1.165) is 18.7 Å². The van der Waals surface area contributed by atoms with Crippen LogP contribution in [0.25, 0.3) is 0 Å². The fourth-order valence-electron chi connectivity index (χ4n) is 2.74. The summed E-state index contributed by atoms with van der Waals surface area (Å²) in [5, 5.41) is 0. The summed E-state index contributed by atoms with van der Waals surface area (Å²) in [4.78, 5) is 2.43. The zero-order valence-corrected chi connectivity index (χ0v) is 10.6. The van der Waals surface area contributed by atoms with E-state index in [9.17, 15) is 4.39 Å². The minimum atomic E-state index is -0.303. The molecule has 1 saturated heterocycles. The van der Waals surface area contributed by atoms with Gasteiger partial charge in [0.15, 0.2) is 0 Å². The lowest BCUT2D eigenvalue weighted by atomic mass is 10.0. The molecule has 0 aromatic heterocycles. The van der Waals surface area contributed by atoms with Crippen molar-refractivity contribution in [1.82, 2.24) is 4.90 Å². The van der Waals surface area contributed by atoms with E-state index in [4.69, 9.17) is 5.73 Å². The number of para-hydroxylation sites is 1. The van der Waals surface area contributed by atoms with Crippen molar-refractivity contribution in [3.63, 3.8) is 0 Å². The van der Waals surface area contributed by atoms with E-state index in [1.807, 2.05) is 6.07 Å². The third-order valence-corrected chi connectivity index (χ3v) is 3.70. The van der Waals surface area contributed by atoms with Gasteiger partial charge in [-0.2, -0.15) is 0 Å². The lowest BCUT2D eigenvalue weighted by molar-refractivity contribution is 0.199. The van der Waals surface area contributed by atoms with Gasteiger partial charge in [-0.15, -0.1) is 0 Å². The third-order valence-electron chi connectivity index (χ3n) is 3.70. The highest BCUT2D eigenvalue weighted by molar-refractivity contribution is 5.47. The number of hydrogen-bond acceptors (Lipinski definition) is 2. The molecule has 0 bridgehead atoms. The second-order valence-corrected chi connectivity index (χ2v) is 5.24. The van der Waals surface area contributed by atoms with Gasteiger partial charge in [-0.25, -0.2) is 4.39 Å². The molecule has 1 aromatic carbocycles. The number of hydrogen-bond donors (Lipinski definition) is 1. The number of nitrogens with zero attached hydrogens (tertiary/aromatic N) is 1. The average Bonchev–Trinajstić information content (AvgIpc) is 2.73. The fourth-order valence-corrected chi connectivity index (χ4v) is 2.74. The largest absolute Gasteiger partial charge is 0.396 e. The van der Waals surface area contributed by atoms with Gasteiger partial charge in [0.25, 0.3) is 0 Å². The van der Waals surface area contributed by atoms with Gasteiger partial charge < -0.3 is 5.73 Å². The highest BCUT2D eigenvalue weighted by Gasteiger charge is 2.27. The zero-order valence-electron chi connectivity index (χ0n) is 10.6. The molecule has 1 fully saturated rings. The molecule has 0 saturated carbocycles. The van der Waals surface area contributed by atoms with Crippen LogP contribution in [-0.2, 0) is 6.54 Å². The molecule has 0 aliphatic carbocycles. The second-order valence-electron chi connectivity index (χ2n) is 5.24. The number of anilines is 1. The molecular weight excluding hydrogens is 215 g/mol. The summed E-state index contributed by atoms with van der Waals surface area (Å²) in [6, 6.07) is 5.69. The molecule has 1 unspecified atom stereocenters. The summed E-state index contributed by atoms with van der Waals surface area (Å²) in [6.45, 7) is 6.36. The summed E-state index contributed by atoms with van der Waals surface area (Å²) < 4.78 is 13.4. The van der Waals surface area contributed by atoms with E-state index >= 15 is 0 Å². The van der Waals surface area contributed by atoms with Crippen molar-refractivity contribution in [2.75, 3.05) is 12.3 Å². The van der Waals surface area contributed by atoms with Crippen LogP contribution in [0.15, 0.2) is 18.2 Å². The van der Waals surface area contributed by atoms with Crippen LogP contribution in [-0.4, -0.2) is 17.5 Å². The van der Waals surface area contributed by atoms with Crippen molar-refractivity contribution in [1.29, 1.82) is 0 Å². The Kier molecular flexibility index (Phi) is 3.67. The molecule has 1 heterocycles. The highest BCUT2D eigenvalue weighted by Crippen LogP contribution is 2.27. The van der Waals surface area contributed by atoms with Crippen LogP contribution < -0.4 is 5.73 Å². The Bertz CT molecular complexity index is 390. The molecule has 1 aliphatic heterocycles. The van der Waals surface area contributed by atoms with Crippen LogP contribution in [0.4, 0.5) is 10.1 Å². The Hall–Kier alpha value is -1.09. The van der Waals surface area contributed by atoms with Crippen LogP contribution in [0.2, 0.25) is 0 Å². The van der Waals surface area contributed by atoms with Crippen molar-refractivity contribution in [2.24, 2.45) is 5.92 Å². The normalized spacial score (nSPS) is 21.3. The standard InChI is InChI=1S/C14H21FN2/c1-10(2)13-7-4-8-17(13)9-11-5-3-6-12(15)14(11)16/h3,5-6,10,13H,4,7-9,16H2,1-2H3. The van der Waals surface area contributed by atoms with Gasteiger partial charge in [0.1, 0.15) is 5.82 Å². The minimum absolute atomic E-state index is 0.303. The van der Waals surface area contributed by atoms with Crippen molar-refractivity contribution < 1.29 is 4.39 Å². The summed E-state index contributed by atoms with van der Waals surface area (Å²) >= 11 is 0. The summed E-state index contributed by atoms with van der Waals surface area (Å²) in [6.07, 6.45) is 2.48. The molecule has 0 spiro atoms. The van der Waals surface area contributed by atoms with Gasteiger partial charge in [-0.05, 0) is 36.9 Å². The van der Waals surface area contributed by atoms with Crippen LogP contribution in [0.3, 0.4) is 0 Å². The van der Waals surface area contributed by atoms with Gasteiger partial charge in [-0.3, -0.25) is 4.90 Å². The Morgan fingerprint density at radius 1 is 1.47 bits per heavy atom. The van der Waals surface area contributed by atoms with Crippen molar-refractivity contribution in [3.8, 4) is 0 Å². The Balaban J connectivity index is 2.12. The van der Waals surface area contributed by atoms with Crippen molar-refractivity contribution >= 4 is 5.69 Å². The predicted octanol–water partition coefficient (Wildman–Crippen LogP) is 3.03. The minimum Gasteiger partial charge on any atom is -0.396 e. The van der Waals surface area contributed by atoms with Crippen LogP contribution in [0.1, 0.15) is 32.3 Å². The lowest BCUT2D eigenvalue weighted by Crippen LogP contribution is -2.33.